The Labute approximate surface area is 264 Å². The third-order valence-corrected chi connectivity index (χ3v) is 8.72. The number of aromatic hydroxyl groups is 2. The molecule has 5 aromatic rings. The second-order valence-corrected chi connectivity index (χ2v) is 11.7. The zero-order valence-corrected chi connectivity index (χ0v) is 24.9. The molecule has 4 aromatic carbocycles. The lowest BCUT2D eigenvalue weighted by molar-refractivity contribution is 0.0734. The van der Waals surface area contributed by atoms with Gasteiger partial charge in [0.05, 0.1) is 16.8 Å². The van der Waals surface area contributed by atoms with Gasteiger partial charge in [0.15, 0.2) is 0 Å². The predicted molar refractivity (Wildman–Crippen MR) is 170 cm³/mol. The molecular formula is C37H30N2O7. The number of hydrogen-bond acceptors (Lipinski definition) is 7. The first-order chi connectivity index (χ1) is 22.2. The summed E-state index contributed by atoms with van der Waals surface area (Å²) in [6.07, 6.45) is 3.04. The zero-order chi connectivity index (χ0) is 31.9. The molecule has 0 saturated heterocycles. The van der Waals surface area contributed by atoms with E-state index in [2.05, 4.69) is 5.32 Å². The minimum absolute atomic E-state index is 0.0750. The van der Waals surface area contributed by atoms with Gasteiger partial charge in [0.2, 0.25) is 11.8 Å². The van der Waals surface area contributed by atoms with E-state index in [1.54, 1.807) is 78.9 Å². The molecule has 2 atom stereocenters. The number of nitrogens with zero attached hydrogens (tertiary/aromatic N) is 1. The minimum Gasteiger partial charge on any atom is -0.494 e. The maximum atomic E-state index is 12.9. The number of amides is 1. The molecule has 0 aliphatic heterocycles. The van der Waals surface area contributed by atoms with Crippen LogP contribution in [0.5, 0.6) is 23.3 Å². The first-order valence-corrected chi connectivity index (χ1v) is 15.0. The van der Waals surface area contributed by atoms with Crippen molar-refractivity contribution in [2.24, 2.45) is 0 Å². The fraction of sp³-hybridized carbons (Fsp3) is 0.162. The van der Waals surface area contributed by atoms with E-state index in [1.165, 1.54) is 10.6 Å². The summed E-state index contributed by atoms with van der Waals surface area (Å²) in [6, 6.07) is 26.1. The number of nitrogens with one attached hydrogen (secondary N) is 1. The molecule has 1 saturated carbocycles. The molecule has 7 rings (SSSR count). The van der Waals surface area contributed by atoms with E-state index in [0.717, 1.165) is 36.0 Å². The molecule has 0 radical (unpaired) electrons. The fourth-order valence-corrected chi connectivity index (χ4v) is 6.42. The van der Waals surface area contributed by atoms with Crippen LogP contribution in [0.25, 0.3) is 5.69 Å². The highest BCUT2D eigenvalue weighted by Crippen LogP contribution is 2.60. The first kappa shape index (κ1) is 28.9. The molecular weight excluding hydrogens is 584 g/mol. The Hall–Kier alpha value is -5.83. The molecule has 1 aromatic heterocycles. The van der Waals surface area contributed by atoms with Gasteiger partial charge in [0, 0.05) is 22.4 Å². The zero-order valence-electron chi connectivity index (χ0n) is 24.9. The molecule has 1 amide bonds. The van der Waals surface area contributed by atoms with E-state index in [0.29, 0.717) is 34.5 Å². The van der Waals surface area contributed by atoms with Crippen molar-refractivity contribution in [1.29, 1.82) is 0 Å². The topological polar surface area (TPSA) is 127 Å². The van der Waals surface area contributed by atoms with Crippen LogP contribution in [0.3, 0.4) is 0 Å². The quantitative estimate of drug-likeness (QED) is 0.130. The van der Waals surface area contributed by atoms with E-state index < -0.39 is 11.9 Å². The van der Waals surface area contributed by atoms with Crippen LogP contribution in [0.4, 0.5) is 5.69 Å². The average molecular weight is 615 g/mol. The van der Waals surface area contributed by atoms with Gasteiger partial charge < -0.3 is 25.0 Å². The molecule has 46 heavy (non-hydrogen) atoms. The number of fused-ring (bicyclic) bond motifs is 5. The lowest BCUT2D eigenvalue weighted by Crippen LogP contribution is -2.13. The number of carbonyl (C=O) groups is 3. The Morgan fingerprint density at radius 1 is 0.696 bits per heavy atom. The molecule has 2 unspecified atom stereocenters. The molecule has 0 spiro atoms. The van der Waals surface area contributed by atoms with Crippen LogP contribution < -0.4 is 14.8 Å². The van der Waals surface area contributed by atoms with Gasteiger partial charge in [-0.1, -0.05) is 23.8 Å². The van der Waals surface area contributed by atoms with Gasteiger partial charge in [-0.15, -0.1) is 0 Å². The molecule has 230 valence electrons. The van der Waals surface area contributed by atoms with Crippen LogP contribution in [0.1, 0.15) is 78.9 Å². The summed E-state index contributed by atoms with van der Waals surface area (Å²) >= 11 is 0. The number of benzene rings is 4. The Bertz CT molecular complexity index is 1940. The van der Waals surface area contributed by atoms with Crippen molar-refractivity contribution in [3.05, 3.63) is 130 Å². The van der Waals surface area contributed by atoms with Crippen molar-refractivity contribution in [2.45, 2.75) is 38.0 Å². The summed E-state index contributed by atoms with van der Waals surface area (Å²) < 4.78 is 12.3. The third kappa shape index (κ3) is 5.36. The largest absolute Gasteiger partial charge is 0.494 e. The molecule has 9 nitrogen and oxygen atoms in total. The van der Waals surface area contributed by atoms with Crippen LogP contribution >= 0.6 is 0 Å². The normalized spacial score (nSPS) is 16.1. The third-order valence-electron chi connectivity index (χ3n) is 8.72. The van der Waals surface area contributed by atoms with Crippen molar-refractivity contribution in [1.82, 2.24) is 4.57 Å². The summed E-state index contributed by atoms with van der Waals surface area (Å²) in [7, 11) is 0. The Morgan fingerprint density at radius 3 is 1.76 bits per heavy atom. The standard InChI is InChI=1S/C37H30N2O7/c1-21-5-15-29(16-6-21)45-36(43)25-3-2-4-26(20-25)37(44)46-30-17-11-27(12-18-30)38-33(40)22-9-13-28(14-10-22)39-34(41)31-23-7-8-24(19-23)32(31)35(39)42/h2-6,9-18,20,23-24,41-42H,7-8,19H2,1H3,(H,38,40). The van der Waals surface area contributed by atoms with Crippen molar-refractivity contribution >= 4 is 23.5 Å². The maximum Gasteiger partial charge on any atom is 0.343 e. The van der Waals surface area contributed by atoms with E-state index in [1.807, 2.05) is 19.1 Å². The highest BCUT2D eigenvalue weighted by molar-refractivity contribution is 6.04. The summed E-state index contributed by atoms with van der Waals surface area (Å²) in [5.74, 6) is -0.212. The van der Waals surface area contributed by atoms with Gasteiger partial charge in [0.25, 0.3) is 5.91 Å². The van der Waals surface area contributed by atoms with Gasteiger partial charge >= 0.3 is 11.9 Å². The Balaban J connectivity index is 0.970. The van der Waals surface area contributed by atoms with Gasteiger partial charge in [-0.25, -0.2) is 9.59 Å². The lowest BCUT2D eigenvalue weighted by atomic mass is 9.95. The molecule has 2 aliphatic rings. The van der Waals surface area contributed by atoms with Gasteiger partial charge in [-0.05, 0) is 117 Å². The number of rotatable bonds is 7. The van der Waals surface area contributed by atoms with E-state index >= 15 is 0 Å². The van der Waals surface area contributed by atoms with Crippen LogP contribution in [0.15, 0.2) is 97.1 Å². The Morgan fingerprint density at radius 2 is 1.22 bits per heavy atom. The number of ether oxygens (including phenoxy) is 2. The van der Waals surface area contributed by atoms with Crippen molar-refractivity contribution in [3.8, 4) is 28.9 Å². The number of esters is 2. The smallest absolute Gasteiger partial charge is 0.343 e. The van der Waals surface area contributed by atoms with Crippen LogP contribution in [-0.4, -0.2) is 32.6 Å². The maximum absolute atomic E-state index is 12.9. The highest BCUT2D eigenvalue weighted by atomic mass is 16.5. The lowest BCUT2D eigenvalue weighted by Gasteiger charge is -2.11. The van der Waals surface area contributed by atoms with Gasteiger partial charge in [0.1, 0.15) is 11.5 Å². The number of aromatic nitrogens is 1. The summed E-state index contributed by atoms with van der Waals surface area (Å²) in [5, 5.41) is 24.6. The first-order valence-electron chi connectivity index (χ1n) is 15.0. The number of aryl methyl sites for hydroxylation is 1. The van der Waals surface area contributed by atoms with Gasteiger partial charge in [-0.3, -0.25) is 9.36 Å². The molecule has 2 aliphatic carbocycles. The number of carbonyl (C=O) groups excluding carboxylic acids is 3. The van der Waals surface area contributed by atoms with Gasteiger partial charge in [-0.2, -0.15) is 0 Å². The summed E-state index contributed by atoms with van der Waals surface area (Å²) in [4.78, 5) is 38.3. The van der Waals surface area contributed by atoms with Crippen LogP contribution in [-0.2, 0) is 0 Å². The summed E-state index contributed by atoms with van der Waals surface area (Å²) in [5.41, 5.74) is 4.59. The van der Waals surface area contributed by atoms with Crippen molar-refractivity contribution < 1.29 is 34.1 Å². The van der Waals surface area contributed by atoms with E-state index in [9.17, 15) is 24.6 Å². The number of anilines is 1. The fourth-order valence-electron chi connectivity index (χ4n) is 6.42. The highest BCUT2D eigenvalue weighted by Gasteiger charge is 2.44. The SMILES string of the molecule is Cc1ccc(OC(=O)c2cccc(C(=O)Oc3ccc(NC(=O)c4ccc(-n5c(O)c6c(c5O)C5CCC6C5)cc4)cc3)c2)cc1. The molecule has 3 N–H and O–H groups in total. The monoisotopic (exact) mass is 614 g/mol. The number of hydrogen-bond donors (Lipinski definition) is 3. The molecule has 1 heterocycles. The van der Waals surface area contributed by atoms with Crippen molar-refractivity contribution in [3.63, 3.8) is 0 Å². The average Bonchev–Trinajstić information content (AvgIpc) is 3.76. The van der Waals surface area contributed by atoms with E-state index in [-0.39, 0.29) is 34.5 Å². The van der Waals surface area contributed by atoms with Crippen LogP contribution in [0, 0.1) is 6.92 Å². The second-order valence-electron chi connectivity index (χ2n) is 11.7. The molecule has 9 heteroatoms. The van der Waals surface area contributed by atoms with Crippen LogP contribution in [0.2, 0.25) is 0 Å². The van der Waals surface area contributed by atoms with E-state index in [4.69, 9.17) is 9.47 Å². The Kier molecular flexibility index (Phi) is 7.28. The molecule has 2 bridgehead atoms. The summed E-state index contributed by atoms with van der Waals surface area (Å²) in [6.45, 7) is 1.93. The predicted octanol–water partition coefficient (Wildman–Crippen LogP) is 7.25. The molecule has 1 fully saturated rings. The minimum atomic E-state index is -0.653. The second kappa shape index (κ2) is 11.6. The van der Waals surface area contributed by atoms with Crippen molar-refractivity contribution in [2.75, 3.05) is 5.32 Å².